The standard InChI is InChI=1S/C21H14FN3O3/c1-13-3-2-4-16(11-13)25-20(26)18(12-23)17(19(24-25)21(27)28)10-7-14-5-8-15(22)9-6-14/h2-11H,1H3,(H,27,28)/b10-7-. The lowest BCUT2D eigenvalue weighted by molar-refractivity contribution is 0.0688. The topological polar surface area (TPSA) is 96.0 Å². The number of rotatable bonds is 4. The van der Waals surface area contributed by atoms with Crippen molar-refractivity contribution in [2.75, 3.05) is 0 Å². The van der Waals surface area contributed by atoms with Crippen LogP contribution in [0.1, 0.15) is 32.7 Å². The molecule has 3 rings (SSSR count). The molecule has 0 atom stereocenters. The Morgan fingerprint density at radius 2 is 1.93 bits per heavy atom. The summed E-state index contributed by atoms with van der Waals surface area (Å²) in [4.78, 5) is 24.5. The molecule has 2 aromatic carbocycles. The maximum absolute atomic E-state index is 13.0. The third-order valence-corrected chi connectivity index (χ3v) is 4.00. The number of aromatic nitrogens is 2. The second-order valence-corrected chi connectivity index (χ2v) is 6.00. The molecule has 0 amide bonds. The number of carbonyl (C=O) groups is 1. The van der Waals surface area contributed by atoms with E-state index in [-0.39, 0.29) is 11.1 Å². The van der Waals surface area contributed by atoms with Gasteiger partial charge in [0.15, 0.2) is 5.69 Å². The van der Waals surface area contributed by atoms with Crippen molar-refractivity contribution >= 4 is 18.1 Å². The zero-order valence-electron chi connectivity index (χ0n) is 14.8. The van der Waals surface area contributed by atoms with E-state index in [1.807, 2.05) is 13.0 Å². The van der Waals surface area contributed by atoms with Gasteiger partial charge in [0.05, 0.1) is 5.69 Å². The first-order chi connectivity index (χ1) is 13.4. The Bertz CT molecular complexity index is 1190. The van der Waals surface area contributed by atoms with E-state index in [2.05, 4.69) is 5.10 Å². The molecule has 0 aliphatic carbocycles. The van der Waals surface area contributed by atoms with Crippen LogP contribution in [-0.4, -0.2) is 20.9 Å². The SMILES string of the molecule is Cc1cccc(-n2nc(C(=O)O)c(/C=C\c3ccc(F)cc3)c(C#N)c2=O)c1. The van der Waals surface area contributed by atoms with Gasteiger partial charge in [-0.3, -0.25) is 4.79 Å². The van der Waals surface area contributed by atoms with Crippen molar-refractivity contribution < 1.29 is 14.3 Å². The summed E-state index contributed by atoms with van der Waals surface area (Å²) in [7, 11) is 0. The van der Waals surface area contributed by atoms with Gasteiger partial charge in [-0.05, 0) is 42.3 Å². The predicted octanol–water partition coefficient (Wildman–Crippen LogP) is 3.42. The molecule has 0 aliphatic rings. The minimum atomic E-state index is -1.38. The zero-order valence-corrected chi connectivity index (χ0v) is 14.8. The highest BCUT2D eigenvalue weighted by atomic mass is 19.1. The van der Waals surface area contributed by atoms with Gasteiger partial charge < -0.3 is 5.11 Å². The number of hydrogen-bond donors (Lipinski definition) is 1. The van der Waals surface area contributed by atoms with Crippen LogP contribution in [0.2, 0.25) is 0 Å². The number of benzene rings is 2. The number of nitriles is 1. The number of carboxylic acid groups (broad SMARTS) is 1. The fourth-order valence-electron chi connectivity index (χ4n) is 2.66. The summed E-state index contributed by atoms with van der Waals surface area (Å²) in [6.45, 7) is 1.82. The first-order valence-electron chi connectivity index (χ1n) is 8.22. The third kappa shape index (κ3) is 3.71. The number of carboxylic acids is 1. The van der Waals surface area contributed by atoms with E-state index < -0.39 is 23.0 Å². The van der Waals surface area contributed by atoms with E-state index in [0.29, 0.717) is 11.3 Å². The molecule has 0 saturated heterocycles. The van der Waals surface area contributed by atoms with E-state index in [0.717, 1.165) is 10.2 Å². The van der Waals surface area contributed by atoms with E-state index in [9.17, 15) is 24.3 Å². The molecule has 1 N–H and O–H groups in total. The summed E-state index contributed by atoms with van der Waals surface area (Å²) < 4.78 is 13.9. The maximum Gasteiger partial charge on any atom is 0.357 e. The predicted molar refractivity (Wildman–Crippen MR) is 102 cm³/mol. The van der Waals surface area contributed by atoms with E-state index in [1.54, 1.807) is 24.3 Å². The van der Waals surface area contributed by atoms with Crippen LogP contribution in [0.5, 0.6) is 0 Å². The van der Waals surface area contributed by atoms with Crippen molar-refractivity contribution in [2.45, 2.75) is 6.92 Å². The zero-order chi connectivity index (χ0) is 20.3. The van der Waals surface area contributed by atoms with Crippen LogP contribution in [-0.2, 0) is 0 Å². The Morgan fingerprint density at radius 1 is 1.21 bits per heavy atom. The van der Waals surface area contributed by atoms with Crippen molar-refractivity contribution in [2.24, 2.45) is 0 Å². The summed E-state index contributed by atoms with van der Waals surface area (Å²) in [5.74, 6) is -1.79. The molecule has 6 nitrogen and oxygen atoms in total. The Kier molecular flexibility index (Phi) is 5.14. The number of hydrogen-bond acceptors (Lipinski definition) is 4. The summed E-state index contributed by atoms with van der Waals surface area (Å²) in [6, 6.07) is 14.0. The summed E-state index contributed by atoms with van der Waals surface area (Å²) in [5, 5.41) is 23.0. The second-order valence-electron chi connectivity index (χ2n) is 6.00. The minimum absolute atomic E-state index is 0.103. The van der Waals surface area contributed by atoms with Gasteiger partial charge in [0, 0.05) is 5.56 Å². The minimum Gasteiger partial charge on any atom is -0.476 e. The Hall–Kier alpha value is -4.05. The van der Waals surface area contributed by atoms with Crippen LogP contribution in [0.25, 0.3) is 17.8 Å². The quantitative estimate of drug-likeness (QED) is 0.754. The Labute approximate surface area is 159 Å². The van der Waals surface area contributed by atoms with E-state index in [4.69, 9.17) is 0 Å². The maximum atomic E-state index is 13.0. The Morgan fingerprint density at radius 3 is 2.54 bits per heavy atom. The average molecular weight is 375 g/mol. The molecular weight excluding hydrogens is 361 g/mol. The molecule has 138 valence electrons. The van der Waals surface area contributed by atoms with Gasteiger partial charge in [-0.1, -0.05) is 36.4 Å². The van der Waals surface area contributed by atoms with Crippen LogP contribution in [0, 0.1) is 24.1 Å². The van der Waals surface area contributed by atoms with Crippen LogP contribution in [0.15, 0.2) is 53.3 Å². The number of nitrogens with zero attached hydrogens (tertiary/aromatic N) is 3. The molecule has 0 spiro atoms. The highest BCUT2D eigenvalue weighted by Crippen LogP contribution is 2.16. The lowest BCUT2D eigenvalue weighted by Gasteiger charge is -2.10. The number of aromatic carboxylic acids is 1. The normalized spacial score (nSPS) is 10.8. The first-order valence-corrected chi connectivity index (χ1v) is 8.22. The van der Waals surface area contributed by atoms with Crippen LogP contribution in [0.3, 0.4) is 0 Å². The van der Waals surface area contributed by atoms with Crippen LogP contribution >= 0.6 is 0 Å². The summed E-state index contributed by atoms with van der Waals surface area (Å²) in [5.41, 5.74) is 0.179. The monoisotopic (exact) mass is 375 g/mol. The van der Waals surface area contributed by atoms with Gasteiger partial charge >= 0.3 is 5.97 Å². The lowest BCUT2D eigenvalue weighted by atomic mass is 10.1. The third-order valence-electron chi connectivity index (χ3n) is 4.00. The highest BCUT2D eigenvalue weighted by molar-refractivity contribution is 5.92. The van der Waals surface area contributed by atoms with Gasteiger partial charge in [-0.2, -0.15) is 15.0 Å². The van der Waals surface area contributed by atoms with Gasteiger partial charge in [0.25, 0.3) is 5.56 Å². The summed E-state index contributed by atoms with van der Waals surface area (Å²) >= 11 is 0. The second kappa shape index (κ2) is 7.68. The molecule has 0 radical (unpaired) electrons. The molecular formula is C21H14FN3O3. The fraction of sp³-hybridized carbons (Fsp3) is 0.0476. The molecule has 3 aromatic rings. The van der Waals surface area contributed by atoms with Gasteiger partial charge in [-0.25, -0.2) is 9.18 Å². The van der Waals surface area contributed by atoms with E-state index >= 15 is 0 Å². The van der Waals surface area contributed by atoms with Crippen molar-refractivity contribution in [1.29, 1.82) is 5.26 Å². The smallest absolute Gasteiger partial charge is 0.357 e. The van der Waals surface area contributed by atoms with E-state index in [1.165, 1.54) is 36.4 Å². The first kappa shape index (κ1) is 18.7. The summed E-state index contributed by atoms with van der Waals surface area (Å²) in [6.07, 6.45) is 2.81. The molecule has 28 heavy (non-hydrogen) atoms. The van der Waals surface area contributed by atoms with Crippen LogP contribution < -0.4 is 5.56 Å². The molecule has 7 heteroatoms. The molecule has 1 heterocycles. The van der Waals surface area contributed by atoms with Gasteiger partial charge in [0.2, 0.25) is 0 Å². The number of halogens is 1. The van der Waals surface area contributed by atoms with Crippen molar-refractivity contribution in [3.05, 3.63) is 92.6 Å². The Balaban J connectivity index is 2.21. The van der Waals surface area contributed by atoms with Crippen molar-refractivity contribution in [3.8, 4) is 11.8 Å². The molecule has 0 unspecified atom stereocenters. The molecule has 0 fully saturated rings. The van der Waals surface area contributed by atoms with Gasteiger partial charge in [-0.15, -0.1) is 0 Å². The molecule has 0 aliphatic heterocycles. The lowest BCUT2D eigenvalue weighted by Crippen LogP contribution is -2.28. The average Bonchev–Trinajstić information content (AvgIpc) is 2.67. The van der Waals surface area contributed by atoms with Crippen molar-refractivity contribution in [1.82, 2.24) is 9.78 Å². The molecule has 0 bridgehead atoms. The van der Waals surface area contributed by atoms with Gasteiger partial charge in [0.1, 0.15) is 17.4 Å². The van der Waals surface area contributed by atoms with Crippen molar-refractivity contribution in [3.63, 3.8) is 0 Å². The fourth-order valence-corrected chi connectivity index (χ4v) is 2.66. The molecule has 0 saturated carbocycles. The molecule has 1 aromatic heterocycles. The highest BCUT2D eigenvalue weighted by Gasteiger charge is 2.21. The number of aryl methyl sites for hydroxylation is 1. The largest absolute Gasteiger partial charge is 0.476 e. The van der Waals surface area contributed by atoms with Crippen LogP contribution in [0.4, 0.5) is 4.39 Å².